The van der Waals surface area contributed by atoms with Gasteiger partial charge in [-0.25, -0.2) is 0 Å². The van der Waals surface area contributed by atoms with Crippen LogP contribution in [0.25, 0.3) is 28.0 Å². The van der Waals surface area contributed by atoms with Crippen molar-refractivity contribution in [3.05, 3.63) is 108 Å². The molecule has 2 atom stereocenters. The molecular weight excluding hydrogens is 426 g/mol. The van der Waals surface area contributed by atoms with Gasteiger partial charge in [0.2, 0.25) is 0 Å². The van der Waals surface area contributed by atoms with Crippen LogP contribution < -0.4 is 0 Å². The largest absolute Gasteiger partial charge is 0.360 e. The van der Waals surface area contributed by atoms with E-state index in [4.69, 9.17) is 11.6 Å². The first-order chi connectivity index (χ1) is 16.3. The Labute approximate surface area is 199 Å². The number of fused-ring (bicyclic) bond motifs is 1. The minimum atomic E-state index is 0.498. The fourth-order valence-corrected chi connectivity index (χ4v) is 5.60. The fraction of sp³-hybridized carbons (Fsp3) is 0.207. The smallest absolute Gasteiger partial charge is 0.0539 e. The molecule has 2 unspecified atom stereocenters. The molecule has 164 valence electrons. The van der Waals surface area contributed by atoms with Gasteiger partial charge in [0.15, 0.2) is 0 Å². The van der Waals surface area contributed by atoms with Crippen molar-refractivity contribution >= 4 is 17.2 Å². The number of aromatic nitrogens is 2. The van der Waals surface area contributed by atoms with Gasteiger partial charge in [-0.3, -0.25) is 9.88 Å². The van der Waals surface area contributed by atoms with Crippen LogP contribution in [-0.2, 0) is 0 Å². The number of nitrogens with one attached hydrogen (secondary N) is 1. The monoisotopic (exact) mass is 451 g/mol. The van der Waals surface area contributed by atoms with Crippen molar-refractivity contribution in [2.24, 2.45) is 0 Å². The molecule has 33 heavy (non-hydrogen) atoms. The van der Waals surface area contributed by atoms with Crippen LogP contribution in [0.15, 0.2) is 91.4 Å². The molecular formula is C29H26ClN3. The third kappa shape index (κ3) is 3.92. The van der Waals surface area contributed by atoms with Gasteiger partial charge in [0, 0.05) is 53.9 Å². The molecule has 1 fully saturated rings. The van der Waals surface area contributed by atoms with E-state index >= 15 is 0 Å². The van der Waals surface area contributed by atoms with Gasteiger partial charge in [0.1, 0.15) is 0 Å². The van der Waals surface area contributed by atoms with Crippen molar-refractivity contribution in [3.63, 3.8) is 0 Å². The first-order valence-corrected chi connectivity index (χ1v) is 12.0. The summed E-state index contributed by atoms with van der Waals surface area (Å²) in [6.45, 7) is 2.26. The summed E-state index contributed by atoms with van der Waals surface area (Å²) < 4.78 is 0. The van der Waals surface area contributed by atoms with Crippen LogP contribution in [0.5, 0.6) is 0 Å². The summed E-state index contributed by atoms with van der Waals surface area (Å²) in [5.74, 6) is 0.613. The zero-order valence-corrected chi connectivity index (χ0v) is 19.2. The van der Waals surface area contributed by atoms with Crippen molar-refractivity contribution in [2.75, 3.05) is 13.1 Å². The molecule has 0 amide bonds. The van der Waals surface area contributed by atoms with Gasteiger partial charge in [0.05, 0.1) is 5.69 Å². The molecule has 2 aliphatic rings. The fourth-order valence-electron chi connectivity index (χ4n) is 5.47. The van der Waals surface area contributed by atoms with Crippen molar-refractivity contribution in [2.45, 2.75) is 24.8 Å². The quantitative estimate of drug-likeness (QED) is 0.360. The zero-order valence-electron chi connectivity index (χ0n) is 18.4. The van der Waals surface area contributed by atoms with Gasteiger partial charge in [-0.05, 0) is 65.3 Å². The van der Waals surface area contributed by atoms with E-state index in [0.29, 0.717) is 12.0 Å². The Kier molecular flexibility index (Phi) is 5.37. The third-order valence-electron chi connectivity index (χ3n) is 7.11. The van der Waals surface area contributed by atoms with Crippen molar-refractivity contribution in [3.8, 4) is 22.4 Å². The molecule has 2 aromatic heterocycles. The van der Waals surface area contributed by atoms with Crippen LogP contribution in [0.4, 0.5) is 0 Å². The average Bonchev–Trinajstić information content (AvgIpc) is 3.50. The molecule has 0 saturated carbocycles. The van der Waals surface area contributed by atoms with Crippen molar-refractivity contribution in [1.82, 2.24) is 14.9 Å². The number of aromatic amines is 1. The Morgan fingerprint density at radius 3 is 2.48 bits per heavy atom. The molecule has 1 N–H and O–H groups in total. The zero-order chi connectivity index (χ0) is 22.2. The van der Waals surface area contributed by atoms with Crippen LogP contribution in [0.1, 0.15) is 29.9 Å². The van der Waals surface area contributed by atoms with E-state index in [1.807, 2.05) is 24.5 Å². The molecule has 0 spiro atoms. The maximum absolute atomic E-state index is 6.16. The summed E-state index contributed by atoms with van der Waals surface area (Å²) in [6.07, 6.45) is 10.7. The van der Waals surface area contributed by atoms with Gasteiger partial charge in [0.25, 0.3) is 0 Å². The maximum Gasteiger partial charge on any atom is 0.0539 e. The molecule has 1 saturated heterocycles. The minimum absolute atomic E-state index is 0.498. The summed E-state index contributed by atoms with van der Waals surface area (Å²) >= 11 is 6.16. The van der Waals surface area contributed by atoms with E-state index < -0.39 is 0 Å². The van der Waals surface area contributed by atoms with Crippen LogP contribution in [0.3, 0.4) is 0 Å². The first-order valence-electron chi connectivity index (χ1n) is 11.6. The maximum atomic E-state index is 6.16. The predicted molar refractivity (Wildman–Crippen MR) is 136 cm³/mol. The number of hydrogen-bond acceptors (Lipinski definition) is 2. The molecule has 3 nitrogen and oxygen atoms in total. The van der Waals surface area contributed by atoms with E-state index in [2.05, 4.69) is 81.7 Å². The summed E-state index contributed by atoms with van der Waals surface area (Å²) in [4.78, 5) is 10.5. The molecule has 4 aromatic rings. The summed E-state index contributed by atoms with van der Waals surface area (Å²) in [6, 6.07) is 23.8. The normalized spacial score (nSPS) is 20.5. The van der Waals surface area contributed by atoms with E-state index in [-0.39, 0.29) is 0 Å². The van der Waals surface area contributed by atoms with E-state index in [0.717, 1.165) is 35.8 Å². The lowest BCUT2D eigenvalue weighted by molar-refractivity contribution is 0.286. The summed E-state index contributed by atoms with van der Waals surface area (Å²) in [5, 5.41) is 0.750. The van der Waals surface area contributed by atoms with E-state index in [1.165, 1.54) is 34.2 Å². The van der Waals surface area contributed by atoms with E-state index in [1.54, 1.807) is 0 Å². The highest BCUT2D eigenvalue weighted by molar-refractivity contribution is 6.30. The lowest BCUT2D eigenvalue weighted by Gasteiger charge is -2.28. The number of halogens is 1. The Balaban J connectivity index is 1.38. The molecule has 0 radical (unpaired) electrons. The van der Waals surface area contributed by atoms with Gasteiger partial charge < -0.3 is 4.98 Å². The highest BCUT2D eigenvalue weighted by atomic mass is 35.5. The topological polar surface area (TPSA) is 31.9 Å². The average molecular weight is 452 g/mol. The Bertz CT molecular complexity index is 1280. The Morgan fingerprint density at radius 1 is 0.909 bits per heavy atom. The van der Waals surface area contributed by atoms with Crippen LogP contribution in [0, 0.1) is 0 Å². The second-order valence-electron chi connectivity index (χ2n) is 9.04. The number of H-pyrrole nitrogens is 1. The highest BCUT2D eigenvalue weighted by Crippen LogP contribution is 2.42. The van der Waals surface area contributed by atoms with Crippen molar-refractivity contribution < 1.29 is 0 Å². The van der Waals surface area contributed by atoms with Gasteiger partial charge in [-0.2, -0.15) is 0 Å². The Morgan fingerprint density at radius 2 is 1.70 bits per heavy atom. The highest BCUT2D eigenvalue weighted by Gasteiger charge is 2.34. The molecule has 2 aromatic carbocycles. The second-order valence-corrected chi connectivity index (χ2v) is 9.48. The number of pyridine rings is 1. The van der Waals surface area contributed by atoms with Crippen LogP contribution >= 0.6 is 11.6 Å². The molecule has 4 heterocycles. The molecule has 2 aliphatic heterocycles. The van der Waals surface area contributed by atoms with Crippen molar-refractivity contribution in [1.29, 1.82) is 0 Å². The number of nitrogens with zero attached hydrogens (tertiary/aromatic N) is 2. The lowest BCUT2D eigenvalue weighted by Crippen LogP contribution is -2.32. The Hall–Kier alpha value is -3.14. The standard InChI is InChI=1S/C29H26ClN3/c30-25-8-6-22(7-9-25)29-28(21-10-13-31-14-11-21)27(18-32-29)23-12-15-33-19-24(17-26(33)16-23)20-4-2-1-3-5-20/h1-11,13-14,16,18,24,26,32H,12,15,17,19H2. The number of rotatable bonds is 4. The SMILES string of the molecule is Clc1ccc(-c2[nH]cc(C3=CC4CC(c5ccccc5)CN4CC3)c2-c2ccncc2)cc1. The predicted octanol–water partition coefficient (Wildman–Crippen LogP) is 7.04. The van der Waals surface area contributed by atoms with Gasteiger partial charge >= 0.3 is 0 Å². The third-order valence-corrected chi connectivity index (χ3v) is 7.36. The second kappa shape index (κ2) is 8.66. The molecule has 0 bridgehead atoms. The van der Waals surface area contributed by atoms with Gasteiger partial charge in [-0.1, -0.05) is 60.1 Å². The lowest BCUT2D eigenvalue weighted by atomic mass is 9.90. The number of benzene rings is 2. The van der Waals surface area contributed by atoms with Gasteiger partial charge in [-0.15, -0.1) is 0 Å². The minimum Gasteiger partial charge on any atom is -0.360 e. The van der Waals surface area contributed by atoms with E-state index in [9.17, 15) is 0 Å². The number of hydrogen-bond donors (Lipinski definition) is 1. The molecule has 4 heteroatoms. The summed E-state index contributed by atoms with van der Waals surface area (Å²) in [5.41, 5.74) is 8.90. The van der Waals surface area contributed by atoms with Crippen LogP contribution in [0.2, 0.25) is 5.02 Å². The molecule has 0 aliphatic carbocycles. The van der Waals surface area contributed by atoms with Crippen LogP contribution in [-0.4, -0.2) is 34.0 Å². The first kappa shape index (κ1) is 20.5. The summed E-state index contributed by atoms with van der Waals surface area (Å²) in [7, 11) is 0. The molecule has 6 rings (SSSR count).